The molecule has 1 aromatic heterocycles. The summed E-state index contributed by atoms with van der Waals surface area (Å²) in [5, 5.41) is 4.96. The topological polar surface area (TPSA) is 104 Å². The normalized spacial score (nSPS) is 14.1. The number of allylic oxidation sites excluding steroid dienone is 1. The van der Waals surface area contributed by atoms with E-state index in [1.165, 1.54) is 44.9 Å². The van der Waals surface area contributed by atoms with Crippen LogP contribution in [0.3, 0.4) is 0 Å². The van der Waals surface area contributed by atoms with Crippen molar-refractivity contribution in [2.45, 2.75) is 110 Å². The van der Waals surface area contributed by atoms with Crippen LogP contribution in [-0.2, 0) is 23.7 Å². The van der Waals surface area contributed by atoms with E-state index in [9.17, 15) is 4.79 Å². The summed E-state index contributed by atoms with van der Waals surface area (Å²) in [6.45, 7) is 14.1. The number of carbonyl (C=O) groups excluding carboxylic acids is 1. The Morgan fingerprint density at radius 1 is 0.857 bits per heavy atom. The van der Waals surface area contributed by atoms with Gasteiger partial charge in [0.05, 0.1) is 0 Å². The minimum absolute atomic E-state index is 0.340. The van der Waals surface area contributed by atoms with E-state index in [1.54, 1.807) is 35.7 Å². The third-order valence-electron chi connectivity index (χ3n) is 5.73. The summed E-state index contributed by atoms with van der Waals surface area (Å²) in [7, 11) is 0. The standard InChI is InChI=1S/C15H25ClN2O2S.C15H26N2O3S/c1-4-7-8-9-10-21-15-17-12(11-13(16)18-15)14(19-5-2)20-6-3;1-4-7-8-9-10-21-14-16-13(12-18)11-15(17-14,19-5-2)20-6-3/h11,14H,4-10H2,1-3H3;11-12H,4-10H2,1-3H3,(H,16,17). The first-order chi connectivity index (χ1) is 20.4. The Labute approximate surface area is 266 Å². The maximum atomic E-state index is 11.1. The molecule has 2 rings (SSSR count). The zero-order chi connectivity index (χ0) is 31.1. The average Bonchev–Trinajstić information content (AvgIpc) is 2.97. The van der Waals surface area contributed by atoms with Crippen molar-refractivity contribution < 1.29 is 23.7 Å². The number of ether oxygens (including phenoxy) is 4. The van der Waals surface area contributed by atoms with Gasteiger partial charge in [-0.3, -0.25) is 4.79 Å². The van der Waals surface area contributed by atoms with Gasteiger partial charge in [0.15, 0.2) is 16.6 Å². The Morgan fingerprint density at radius 2 is 1.45 bits per heavy atom. The second-order valence-electron chi connectivity index (χ2n) is 9.22. The first-order valence-electron chi connectivity index (χ1n) is 15.3. The summed E-state index contributed by atoms with van der Waals surface area (Å²) in [6, 6.07) is 1.71. The highest BCUT2D eigenvalue weighted by atomic mass is 35.5. The van der Waals surface area contributed by atoms with Gasteiger partial charge in [-0.05, 0) is 40.5 Å². The Hall–Kier alpha value is -1.21. The minimum Gasteiger partial charge on any atom is -0.347 e. The highest BCUT2D eigenvalue weighted by molar-refractivity contribution is 8.13. The number of aliphatic imine (C=N–C) groups is 1. The molecule has 0 amide bonds. The molecule has 1 aliphatic rings. The first kappa shape index (κ1) is 38.8. The van der Waals surface area contributed by atoms with Gasteiger partial charge in [0, 0.05) is 50.1 Å². The van der Waals surface area contributed by atoms with Crippen molar-refractivity contribution in [2.75, 3.05) is 37.9 Å². The summed E-state index contributed by atoms with van der Waals surface area (Å²) in [4.78, 5) is 24.1. The molecule has 1 aliphatic heterocycles. The van der Waals surface area contributed by atoms with E-state index in [-0.39, 0.29) is 0 Å². The smallest absolute Gasteiger partial charge is 0.274 e. The monoisotopic (exact) mass is 646 g/mol. The quantitative estimate of drug-likeness (QED) is 0.0353. The summed E-state index contributed by atoms with van der Waals surface area (Å²) >= 11 is 9.32. The van der Waals surface area contributed by atoms with Crippen LogP contribution < -0.4 is 5.32 Å². The van der Waals surface area contributed by atoms with Gasteiger partial charge in [0.25, 0.3) is 5.91 Å². The van der Waals surface area contributed by atoms with Crippen LogP contribution in [0, 0.1) is 0 Å². The van der Waals surface area contributed by atoms with E-state index in [0.717, 1.165) is 24.2 Å². The molecule has 0 radical (unpaired) electrons. The number of hydrogen-bond donors (Lipinski definition) is 1. The number of thioether (sulfide) groups is 2. The third-order valence-corrected chi connectivity index (χ3v) is 7.81. The van der Waals surface area contributed by atoms with E-state index in [2.05, 4.69) is 34.1 Å². The molecule has 0 aromatic carbocycles. The molecule has 2 heterocycles. The third kappa shape index (κ3) is 16.0. The van der Waals surface area contributed by atoms with Crippen molar-refractivity contribution in [1.29, 1.82) is 0 Å². The summed E-state index contributed by atoms with van der Waals surface area (Å²) in [6.07, 6.45) is 11.6. The number of unbranched alkanes of at least 4 members (excludes halogenated alkanes) is 6. The molecule has 1 N–H and O–H groups in total. The zero-order valence-corrected chi connectivity index (χ0v) is 28.7. The fourth-order valence-electron chi connectivity index (χ4n) is 3.82. The van der Waals surface area contributed by atoms with Gasteiger partial charge in [-0.15, -0.1) is 0 Å². The Morgan fingerprint density at radius 3 is 1.98 bits per heavy atom. The van der Waals surface area contributed by atoms with Crippen molar-refractivity contribution in [3.05, 3.63) is 28.7 Å². The molecule has 42 heavy (non-hydrogen) atoms. The number of amidine groups is 1. The fraction of sp³-hybridized carbons (Fsp3) is 0.733. The lowest BCUT2D eigenvalue weighted by atomic mass is 10.2. The van der Waals surface area contributed by atoms with E-state index < -0.39 is 12.2 Å². The van der Waals surface area contributed by atoms with Gasteiger partial charge in [-0.2, -0.15) is 0 Å². The number of aromatic nitrogens is 2. The van der Waals surface area contributed by atoms with Crippen molar-refractivity contribution in [3.63, 3.8) is 0 Å². The van der Waals surface area contributed by atoms with Crippen LogP contribution in [0.2, 0.25) is 5.15 Å². The van der Waals surface area contributed by atoms with Crippen LogP contribution in [0.15, 0.2) is 28.0 Å². The molecule has 0 saturated carbocycles. The Bertz CT molecular complexity index is 927. The molecule has 12 heteroatoms. The van der Waals surface area contributed by atoms with Gasteiger partial charge < -0.3 is 24.3 Å². The lowest BCUT2D eigenvalue weighted by Crippen LogP contribution is -2.52. The van der Waals surface area contributed by atoms with E-state index in [4.69, 9.17) is 30.5 Å². The minimum atomic E-state index is -1.08. The predicted molar refractivity (Wildman–Crippen MR) is 175 cm³/mol. The zero-order valence-electron chi connectivity index (χ0n) is 26.3. The number of nitrogens with one attached hydrogen (secondary N) is 1. The van der Waals surface area contributed by atoms with Gasteiger partial charge in [-0.1, -0.05) is 87.5 Å². The summed E-state index contributed by atoms with van der Waals surface area (Å²) in [5.74, 6) is 0.896. The molecule has 0 aliphatic carbocycles. The number of halogens is 1. The largest absolute Gasteiger partial charge is 0.347 e. The van der Waals surface area contributed by atoms with Crippen molar-refractivity contribution in [1.82, 2.24) is 15.3 Å². The van der Waals surface area contributed by atoms with E-state index >= 15 is 0 Å². The van der Waals surface area contributed by atoms with E-state index in [1.807, 2.05) is 27.7 Å². The first-order valence-corrected chi connectivity index (χ1v) is 17.6. The number of nitrogens with zero attached hydrogens (tertiary/aromatic N) is 3. The van der Waals surface area contributed by atoms with Gasteiger partial charge in [0.2, 0.25) is 6.29 Å². The van der Waals surface area contributed by atoms with Crippen LogP contribution in [0.25, 0.3) is 0 Å². The number of carbonyl (C=O) groups is 1. The molecule has 240 valence electrons. The van der Waals surface area contributed by atoms with Crippen molar-refractivity contribution >= 4 is 46.6 Å². The Balaban J connectivity index is 0.000000420. The van der Waals surface area contributed by atoms with Crippen molar-refractivity contribution in [2.24, 2.45) is 4.99 Å². The maximum absolute atomic E-state index is 11.1. The molecule has 0 fully saturated rings. The number of aldehydes is 1. The lowest BCUT2D eigenvalue weighted by Gasteiger charge is -2.34. The van der Waals surface area contributed by atoms with Crippen LogP contribution in [0.1, 0.15) is 105 Å². The second kappa shape index (κ2) is 24.2. The average molecular weight is 647 g/mol. The SMILES string of the molecule is CCCCCCSC1=NC(C=O)=CC(OCC)(OCC)N1.CCCCCCSc1nc(Cl)cc(C(OCC)OCC)n1. The fourth-order valence-corrected chi connectivity index (χ4v) is 5.85. The lowest BCUT2D eigenvalue weighted by molar-refractivity contribution is -0.209. The highest BCUT2D eigenvalue weighted by Gasteiger charge is 2.34. The predicted octanol–water partition coefficient (Wildman–Crippen LogP) is 7.94. The van der Waals surface area contributed by atoms with Gasteiger partial charge in [0.1, 0.15) is 16.5 Å². The Kier molecular flexibility index (Phi) is 22.3. The summed E-state index contributed by atoms with van der Waals surface area (Å²) in [5.41, 5.74) is 1.03. The van der Waals surface area contributed by atoms with E-state index in [0.29, 0.717) is 53.3 Å². The number of rotatable bonds is 21. The molecule has 0 spiro atoms. The van der Waals surface area contributed by atoms with Crippen LogP contribution >= 0.6 is 35.1 Å². The van der Waals surface area contributed by atoms with Gasteiger partial charge >= 0.3 is 0 Å². The molecule has 0 unspecified atom stereocenters. The molecule has 1 aromatic rings. The molecule has 0 saturated heterocycles. The highest BCUT2D eigenvalue weighted by Crippen LogP contribution is 2.25. The molecule has 0 atom stereocenters. The second-order valence-corrected chi connectivity index (χ2v) is 11.8. The molecular weight excluding hydrogens is 596 g/mol. The molecular formula is C30H51ClN4O5S2. The van der Waals surface area contributed by atoms with Crippen molar-refractivity contribution in [3.8, 4) is 0 Å². The van der Waals surface area contributed by atoms with Crippen LogP contribution in [-0.4, -0.2) is 65.3 Å². The van der Waals surface area contributed by atoms with Crippen LogP contribution in [0.4, 0.5) is 0 Å². The maximum Gasteiger partial charge on any atom is 0.274 e. The molecule has 9 nitrogen and oxygen atoms in total. The summed E-state index contributed by atoms with van der Waals surface area (Å²) < 4.78 is 22.4. The van der Waals surface area contributed by atoms with Crippen LogP contribution in [0.5, 0.6) is 0 Å². The number of hydrogen-bond acceptors (Lipinski definition) is 11. The van der Waals surface area contributed by atoms with Gasteiger partial charge in [-0.25, -0.2) is 15.0 Å². The molecule has 0 bridgehead atoms.